The van der Waals surface area contributed by atoms with Crippen LogP contribution in [0.25, 0.3) is 17.4 Å². The Labute approximate surface area is 168 Å². The molecule has 0 saturated heterocycles. The molecule has 0 fully saturated rings. The van der Waals surface area contributed by atoms with Crippen LogP contribution in [0.1, 0.15) is 21.9 Å². The maximum atomic E-state index is 12.0. The third kappa shape index (κ3) is 4.44. The van der Waals surface area contributed by atoms with Crippen molar-refractivity contribution in [3.63, 3.8) is 0 Å². The smallest absolute Gasteiger partial charge is 0.342 e. The van der Waals surface area contributed by atoms with Crippen molar-refractivity contribution in [1.82, 2.24) is 15.2 Å². The topological polar surface area (TPSA) is 118 Å². The van der Waals surface area contributed by atoms with Crippen LogP contribution in [0.15, 0.2) is 44.8 Å². The Morgan fingerprint density at radius 2 is 2.11 bits per heavy atom. The van der Waals surface area contributed by atoms with Crippen molar-refractivity contribution in [3.05, 3.63) is 57.4 Å². The van der Waals surface area contributed by atoms with Crippen LogP contribution in [0.2, 0.25) is 5.02 Å². The maximum absolute atomic E-state index is 12.0. The molecule has 0 saturated carbocycles. The first-order valence-electron chi connectivity index (χ1n) is 7.87. The average molecular weight is 420 g/mol. The molecule has 0 aliphatic rings. The predicted octanol–water partition coefficient (Wildman–Crippen LogP) is 4.03. The molecule has 10 heteroatoms. The molecule has 0 atom stereocenters. The molecule has 0 unspecified atom stereocenters. The molecular weight excluding hydrogens is 406 g/mol. The molecule has 144 valence electrons. The van der Waals surface area contributed by atoms with E-state index in [2.05, 4.69) is 15.2 Å². The number of rotatable bonds is 6. The van der Waals surface area contributed by atoms with Gasteiger partial charge in [0, 0.05) is 16.7 Å². The molecule has 3 aromatic rings. The van der Waals surface area contributed by atoms with E-state index in [9.17, 15) is 14.7 Å². The van der Waals surface area contributed by atoms with E-state index in [1.807, 2.05) is 0 Å². The van der Waals surface area contributed by atoms with E-state index in [-0.39, 0.29) is 21.4 Å². The summed E-state index contributed by atoms with van der Waals surface area (Å²) in [4.78, 5) is 27.6. The fourth-order valence-corrected chi connectivity index (χ4v) is 3.22. The second-order valence-electron chi connectivity index (χ2n) is 5.50. The number of H-pyrrole nitrogens is 1. The number of carbonyl (C=O) groups excluding carboxylic acids is 1. The van der Waals surface area contributed by atoms with E-state index in [0.717, 1.165) is 11.8 Å². The number of carboxylic acids is 1. The Bertz CT molecular complexity index is 1070. The molecule has 8 nitrogen and oxygen atoms in total. The van der Waals surface area contributed by atoms with Crippen LogP contribution >= 0.6 is 23.4 Å². The van der Waals surface area contributed by atoms with Crippen LogP contribution in [0.5, 0.6) is 0 Å². The molecule has 3 rings (SSSR count). The molecule has 0 spiro atoms. The third-order valence-corrected chi connectivity index (χ3v) is 4.65. The molecule has 2 heterocycles. The summed E-state index contributed by atoms with van der Waals surface area (Å²) in [5.74, 6) is -0.491. The number of aryl methyl sites for hydroxylation is 1. The van der Waals surface area contributed by atoms with Crippen LogP contribution in [0.4, 0.5) is 0 Å². The van der Waals surface area contributed by atoms with Gasteiger partial charge in [0.15, 0.2) is 0 Å². The Morgan fingerprint density at radius 3 is 2.75 bits per heavy atom. The largest absolute Gasteiger partial charge is 0.477 e. The number of ether oxygens (including phenoxy) is 1. The number of carbonyl (C=O) groups is 2. The Hall–Kier alpha value is -3.04. The second-order valence-corrected chi connectivity index (χ2v) is 6.95. The first kappa shape index (κ1) is 19.7. The number of aromatic amines is 1. The number of esters is 1. The van der Waals surface area contributed by atoms with Gasteiger partial charge in [-0.15, -0.1) is 5.10 Å². The van der Waals surface area contributed by atoms with Gasteiger partial charge in [-0.1, -0.05) is 11.6 Å². The lowest BCUT2D eigenvalue weighted by Gasteiger charge is -2.06. The third-order valence-electron chi connectivity index (χ3n) is 3.54. The summed E-state index contributed by atoms with van der Waals surface area (Å²) in [7, 11) is 1.28. The number of aromatic nitrogens is 3. The Kier molecular flexibility index (Phi) is 5.86. The van der Waals surface area contributed by atoms with E-state index in [1.54, 1.807) is 31.2 Å². The molecule has 1 aromatic carbocycles. The number of methoxy groups -OCH3 is 1. The molecule has 2 N–H and O–H groups in total. The van der Waals surface area contributed by atoms with Crippen molar-refractivity contribution in [3.8, 4) is 11.3 Å². The monoisotopic (exact) mass is 419 g/mol. The average Bonchev–Trinajstić information content (AvgIpc) is 3.29. The molecule has 0 amide bonds. The standard InChI is InChI=1S/C18H14ClN3O5S/c1-9-20-18(22-21-9)28-15(16(23)24)8-11-4-6-14(27-11)13-7-10(19)3-5-12(13)17(25)26-2/h3-8H,1-2H3,(H,23,24)(H,20,21,22). The van der Waals surface area contributed by atoms with Crippen LogP contribution in [0, 0.1) is 6.92 Å². The first-order chi connectivity index (χ1) is 13.4. The summed E-state index contributed by atoms with van der Waals surface area (Å²) in [5.41, 5.74) is 0.717. The summed E-state index contributed by atoms with van der Waals surface area (Å²) in [6.07, 6.45) is 1.35. The molecule has 0 bridgehead atoms. The minimum Gasteiger partial charge on any atom is -0.477 e. The number of thioether (sulfide) groups is 1. The zero-order valence-corrected chi connectivity index (χ0v) is 16.3. The van der Waals surface area contributed by atoms with E-state index in [1.165, 1.54) is 19.3 Å². The van der Waals surface area contributed by atoms with Crippen molar-refractivity contribution < 1.29 is 23.8 Å². The zero-order valence-electron chi connectivity index (χ0n) is 14.7. The van der Waals surface area contributed by atoms with Crippen molar-refractivity contribution in [2.24, 2.45) is 0 Å². The van der Waals surface area contributed by atoms with Crippen molar-refractivity contribution >= 4 is 41.4 Å². The maximum Gasteiger partial charge on any atom is 0.342 e. The fraction of sp³-hybridized carbons (Fsp3) is 0.111. The van der Waals surface area contributed by atoms with Crippen molar-refractivity contribution in [2.75, 3.05) is 7.11 Å². The molecule has 0 radical (unpaired) electrons. The number of aliphatic carboxylic acids is 1. The van der Waals surface area contributed by atoms with Gasteiger partial charge in [-0.2, -0.15) is 0 Å². The summed E-state index contributed by atoms with van der Waals surface area (Å²) in [5, 5.41) is 16.7. The van der Waals surface area contributed by atoms with Gasteiger partial charge in [0.2, 0.25) is 5.16 Å². The number of halogens is 1. The van der Waals surface area contributed by atoms with E-state index in [4.69, 9.17) is 20.8 Å². The summed E-state index contributed by atoms with van der Waals surface area (Å²) in [6, 6.07) is 7.88. The first-order valence-corrected chi connectivity index (χ1v) is 9.06. The van der Waals surface area contributed by atoms with E-state index in [0.29, 0.717) is 22.2 Å². The number of benzene rings is 1. The number of hydrogen-bond acceptors (Lipinski definition) is 7. The van der Waals surface area contributed by atoms with Gasteiger partial charge in [0.05, 0.1) is 12.7 Å². The summed E-state index contributed by atoms with van der Waals surface area (Å²) >= 11 is 6.92. The fourth-order valence-electron chi connectivity index (χ4n) is 2.31. The SMILES string of the molecule is COC(=O)c1ccc(Cl)cc1-c1ccc(C=C(Sc2n[nH]c(C)n2)C(=O)O)o1. The quantitative estimate of drug-likeness (QED) is 0.349. The number of furan rings is 1. The number of carboxylic acid groups (broad SMARTS) is 1. The number of nitrogens with zero attached hydrogens (tertiary/aromatic N) is 2. The van der Waals surface area contributed by atoms with Gasteiger partial charge >= 0.3 is 11.9 Å². The second kappa shape index (κ2) is 8.32. The number of hydrogen-bond donors (Lipinski definition) is 2. The normalized spacial score (nSPS) is 11.5. The van der Waals surface area contributed by atoms with Gasteiger partial charge in [0.1, 0.15) is 22.3 Å². The highest BCUT2D eigenvalue weighted by atomic mass is 35.5. The van der Waals surface area contributed by atoms with Gasteiger partial charge in [0.25, 0.3) is 0 Å². The van der Waals surface area contributed by atoms with Crippen molar-refractivity contribution in [2.45, 2.75) is 12.1 Å². The van der Waals surface area contributed by atoms with Gasteiger partial charge < -0.3 is 14.3 Å². The van der Waals surface area contributed by atoms with Gasteiger partial charge in [-0.25, -0.2) is 14.6 Å². The van der Waals surface area contributed by atoms with E-state index >= 15 is 0 Å². The summed E-state index contributed by atoms with van der Waals surface area (Å²) < 4.78 is 10.5. The van der Waals surface area contributed by atoms with Crippen LogP contribution in [-0.2, 0) is 9.53 Å². The number of nitrogens with one attached hydrogen (secondary N) is 1. The molecular formula is C18H14ClN3O5S. The highest BCUT2D eigenvalue weighted by Crippen LogP contribution is 2.31. The minimum absolute atomic E-state index is 0.0285. The summed E-state index contributed by atoms with van der Waals surface area (Å²) in [6.45, 7) is 1.71. The van der Waals surface area contributed by atoms with Gasteiger partial charge in [-0.05, 0) is 49.0 Å². The molecule has 2 aromatic heterocycles. The van der Waals surface area contributed by atoms with Crippen molar-refractivity contribution in [1.29, 1.82) is 0 Å². The molecule has 0 aliphatic heterocycles. The minimum atomic E-state index is -1.15. The lowest BCUT2D eigenvalue weighted by Crippen LogP contribution is -2.03. The zero-order chi connectivity index (χ0) is 20.3. The molecule has 28 heavy (non-hydrogen) atoms. The highest BCUT2D eigenvalue weighted by Gasteiger charge is 2.18. The van der Waals surface area contributed by atoms with Crippen LogP contribution < -0.4 is 0 Å². The highest BCUT2D eigenvalue weighted by molar-refractivity contribution is 8.04. The Morgan fingerprint density at radius 1 is 1.32 bits per heavy atom. The van der Waals surface area contributed by atoms with Crippen LogP contribution in [-0.4, -0.2) is 39.3 Å². The Balaban J connectivity index is 1.95. The predicted molar refractivity (Wildman–Crippen MR) is 103 cm³/mol. The van der Waals surface area contributed by atoms with Crippen LogP contribution in [0.3, 0.4) is 0 Å². The lowest BCUT2D eigenvalue weighted by atomic mass is 10.1. The molecule has 0 aliphatic carbocycles. The lowest BCUT2D eigenvalue weighted by molar-refractivity contribution is -0.131. The van der Waals surface area contributed by atoms with Gasteiger partial charge in [-0.3, -0.25) is 5.10 Å². The van der Waals surface area contributed by atoms with E-state index < -0.39 is 11.9 Å².